The van der Waals surface area contributed by atoms with Gasteiger partial charge in [-0.05, 0) is 19.8 Å². The van der Waals surface area contributed by atoms with Crippen molar-refractivity contribution in [3.05, 3.63) is 12.7 Å². The molecule has 0 bridgehead atoms. The molecule has 60 valence electrons. The van der Waals surface area contributed by atoms with E-state index in [0.717, 1.165) is 6.42 Å². The summed E-state index contributed by atoms with van der Waals surface area (Å²) in [6, 6.07) is 0. The second kappa shape index (κ2) is 6.78. The van der Waals surface area contributed by atoms with Gasteiger partial charge in [0, 0.05) is 13.2 Å². The highest BCUT2D eigenvalue weighted by molar-refractivity contribution is 4.73. The van der Waals surface area contributed by atoms with E-state index in [1.807, 2.05) is 13.0 Å². The minimum Gasteiger partial charge on any atom is -0.396 e. The Balaban J connectivity index is 3.38. The van der Waals surface area contributed by atoms with Gasteiger partial charge in [0.1, 0.15) is 0 Å². The van der Waals surface area contributed by atoms with Gasteiger partial charge in [-0.2, -0.15) is 0 Å². The summed E-state index contributed by atoms with van der Waals surface area (Å²) in [7, 11) is 0. The van der Waals surface area contributed by atoms with Gasteiger partial charge in [-0.25, -0.2) is 0 Å². The monoisotopic (exact) mass is 144 g/mol. The van der Waals surface area contributed by atoms with E-state index in [9.17, 15) is 0 Å². The first-order valence-corrected chi connectivity index (χ1v) is 3.68. The molecule has 0 rings (SSSR count). The quantitative estimate of drug-likeness (QED) is 0.570. The first-order valence-electron chi connectivity index (χ1n) is 3.68. The van der Waals surface area contributed by atoms with Crippen LogP contribution in [0.4, 0.5) is 0 Å². The summed E-state index contributed by atoms with van der Waals surface area (Å²) in [6.07, 6.45) is 3.51. The van der Waals surface area contributed by atoms with E-state index in [1.54, 1.807) is 0 Å². The SMILES string of the molecule is C=CCC(CCO)OCC. The Hall–Kier alpha value is -0.340. The summed E-state index contributed by atoms with van der Waals surface area (Å²) < 4.78 is 5.29. The highest BCUT2D eigenvalue weighted by Gasteiger charge is 2.03. The van der Waals surface area contributed by atoms with Crippen molar-refractivity contribution in [1.29, 1.82) is 0 Å². The van der Waals surface area contributed by atoms with Crippen LogP contribution in [0.5, 0.6) is 0 Å². The fourth-order valence-electron chi connectivity index (χ4n) is 0.835. The van der Waals surface area contributed by atoms with E-state index in [1.165, 1.54) is 0 Å². The molecule has 0 aliphatic heterocycles. The normalized spacial score (nSPS) is 13.0. The lowest BCUT2D eigenvalue weighted by Gasteiger charge is -2.12. The molecule has 0 fully saturated rings. The molecular formula is C8H16O2. The van der Waals surface area contributed by atoms with Crippen LogP contribution in [-0.2, 0) is 4.74 Å². The minimum absolute atomic E-state index is 0.160. The molecule has 0 aliphatic rings. The smallest absolute Gasteiger partial charge is 0.0631 e. The third-order valence-electron chi connectivity index (χ3n) is 1.28. The topological polar surface area (TPSA) is 29.5 Å². The number of rotatable bonds is 6. The predicted molar refractivity (Wildman–Crippen MR) is 41.9 cm³/mol. The zero-order valence-corrected chi connectivity index (χ0v) is 6.55. The third-order valence-corrected chi connectivity index (χ3v) is 1.28. The molecule has 1 atom stereocenters. The number of hydrogen-bond donors (Lipinski definition) is 1. The molecule has 10 heavy (non-hydrogen) atoms. The maximum Gasteiger partial charge on any atom is 0.0631 e. The summed E-state index contributed by atoms with van der Waals surface area (Å²) in [6.45, 7) is 6.46. The van der Waals surface area contributed by atoms with Crippen molar-refractivity contribution in [2.45, 2.75) is 25.9 Å². The molecular weight excluding hydrogens is 128 g/mol. The molecule has 0 aromatic carbocycles. The molecule has 0 radical (unpaired) electrons. The van der Waals surface area contributed by atoms with E-state index >= 15 is 0 Å². The van der Waals surface area contributed by atoms with Crippen LogP contribution in [-0.4, -0.2) is 24.4 Å². The van der Waals surface area contributed by atoms with Crippen molar-refractivity contribution in [2.75, 3.05) is 13.2 Å². The first kappa shape index (κ1) is 9.66. The standard InChI is InChI=1S/C8H16O2/c1-3-5-8(6-7-9)10-4-2/h3,8-9H,1,4-7H2,2H3. The maximum absolute atomic E-state index is 8.58. The molecule has 1 N–H and O–H groups in total. The molecule has 0 aromatic heterocycles. The Bertz CT molecular complexity index is 75.3. The van der Waals surface area contributed by atoms with E-state index in [0.29, 0.717) is 13.0 Å². The van der Waals surface area contributed by atoms with Crippen molar-refractivity contribution in [3.63, 3.8) is 0 Å². The van der Waals surface area contributed by atoms with E-state index in [-0.39, 0.29) is 12.7 Å². The lowest BCUT2D eigenvalue weighted by Crippen LogP contribution is -2.13. The lowest BCUT2D eigenvalue weighted by molar-refractivity contribution is 0.0462. The Morgan fingerprint density at radius 2 is 2.40 bits per heavy atom. The van der Waals surface area contributed by atoms with Crippen molar-refractivity contribution in [1.82, 2.24) is 0 Å². The van der Waals surface area contributed by atoms with E-state index < -0.39 is 0 Å². The number of hydrogen-bond acceptors (Lipinski definition) is 2. The Labute approximate surface area is 62.5 Å². The average molecular weight is 144 g/mol. The fourth-order valence-corrected chi connectivity index (χ4v) is 0.835. The van der Waals surface area contributed by atoms with Gasteiger partial charge >= 0.3 is 0 Å². The van der Waals surface area contributed by atoms with Crippen LogP contribution in [0.25, 0.3) is 0 Å². The molecule has 0 saturated heterocycles. The Kier molecular flexibility index (Phi) is 6.55. The van der Waals surface area contributed by atoms with Crippen LogP contribution in [0.3, 0.4) is 0 Å². The lowest BCUT2D eigenvalue weighted by atomic mass is 10.2. The number of aliphatic hydroxyl groups excluding tert-OH is 1. The van der Waals surface area contributed by atoms with E-state index in [4.69, 9.17) is 9.84 Å². The number of ether oxygens (including phenoxy) is 1. The predicted octanol–water partition coefficient (Wildman–Crippen LogP) is 1.35. The van der Waals surface area contributed by atoms with Gasteiger partial charge < -0.3 is 9.84 Å². The molecule has 2 nitrogen and oxygen atoms in total. The molecule has 0 aromatic rings. The van der Waals surface area contributed by atoms with Crippen LogP contribution in [0.15, 0.2) is 12.7 Å². The largest absolute Gasteiger partial charge is 0.396 e. The maximum atomic E-state index is 8.58. The molecule has 0 amide bonds. The highest BCUT2D eigenvalue weighted by Crippen LogP contribution is 2.03. The second-order valence-corrected chi connectivity index (χ2v) is 2.11. The molecule has 0 saturated carbocycles. The van der Waals surface area contributed by atoms with Gasteiger partial charge in [0.05, 0.1) is 6.10 Å². The minimum atomic E-state index is 0.160. The summed E-state index contributed by atoms with van der Waals surface area (Å²) in [5, 5.41) is 8.58. The van der Waals surface area contributed by atoms with Crippen molar-refractivity contribution in [2.24, 2.45) is 0 Å². The molecule has 0 spiro atoms. The highest BCUT2D eigenvalue weighted by atomic mass is 16.5. The Morgan fingerprint density at radius 3 is 2.80 bits per heavy atom. The van der Waals surface area contributed by atoms with Crippen LogP contribution in [0.2, 0.25) is 0 Å². The van der Waals surface area contributed by atoms with Crippen LogP contribution in [0, 0.1) is 0 Å². The van der Waals surface area contributed by atoms with Gasteiger partial charge in [-0.3, -0.25) is 0 Å². The van der Waals surface area contributed by atoms with Crippen molar-refractivity contribution >= 4 is 0 Å². The summed E-state index contributed by atoms with van der Waals surface area (Å²) in [5.74, 6) is 0. The zero-order chi connectivity index (χ0) is 7.82. The average Bonchev–Trinajstić information content (AvgIpc) is 1.90. The van der Waals surface area contributed by atoms with Gasteiger partial charge in [0.25, 0.3) is 0 Å². The number of aliphatic hydroxyl groups is 1. The summed E-state index contributed by atoms with van der Waals surface area (Å²) in [4.78, 5) is 0. The molecule has 0 aliphatic carbocycles. The van der Waals surface area contributed by atoms with Crippen LogP contribution < -0.4 is 0 Å². The van der Waals surface area contributed by atoms with E-state index in [2.05, 4.69) is 6.58 Å². The second-order valence-electron chi connectivity index (χ2n) is 2.11. The van der Waals surface area contributed by atoms with Crippen molar-refractivity contribution < 1.29 is 9.84 Å². The zero-order valence-electron chi connectivity index (χ0n) is 6.55. The molecule has 0 heterocycles. The van der Waals surface area contributed by atoms with Crippen LogP contribution >= 0.6 is 0 Å². The van der Waals surface area contributed by atoms with Crippen LogP contribution in [0.1, 0.15) is 19.8 Å². The van der Waals surface area contributed by atoms with Gasteiger partial charge in [0.2, 0.25) is 0 Å². The van der Waals surface area contributed by atoms with Gasteiger partial charge in [-0.1, -0.05) is 6.08 Å². The summed E-state index contributed by atoms with van der Waals surface area (Å²) >= 11 is 0. The van der Waals surface area contributed by atoms with Gasteiger partial charge in [0.15, 0.2) is 0 Å². The van der Waals surface area contributed by atoms with Crippen molar-refractivity contribution in [3.8, 4) is 0 Å². The molecule has 1 unspecified atom stereocenters. The molecule has 2 heteroatoms. The third kappa shape index (κ3) is 4.53. The fraction of sp³-hybridized carbons (Fsp3) is 0.750. The summed E-state index contributed by atoms with van der Waals surface area (Å²) in [5.41, 5.74) is 0. The van der Waals surface area contributed by atoms with Gasteiger partial charge in [-0.15, -0.1) is 6.58 Å². The first-order chi connectivity index (χ1) is 4.85. The Morgan fingerprint density at radius 1 is 1.70 bits per heavy atom.